The van der Waals surface area contributed by atoms with Crippen molar-refractivity contribution in [1.29, 1.82) is 0 Å². The first-order chi connectivity index (χ1) is 11.6. The minimum absolute atomic E-state index is 0.00750. The van der Waals surface area contributed by atoms with Gasteiger partial charge in [0.05, 0.1) is 13.2 Å². The lowest BCUT2D eigenvalue weighted by Gasteiger charge is -2.34. The van der Waals surface area contributed by atoms with Crippen LogP contribution in [0, 0.1) is 5.92 Å². The van der Waals surface area contributed by atoms with Crippen molar-refractivity contribution < 1.29 is 14.3 Å². The second-order valence-electron chi connectivity index (χ2n) is 6.75. The van der Waals surface area contributed by atoms with Gasteiger partial charge >= 0.3 is 0 Å². The van der Waals surface area contributed by atoms with Crippen molar-refractivity contribution in [3.05, 3.63) is 0 Å². The average molecular weight is 336 g/mol. The largest absolute Gasteiger partial charge is 0.379 e. The van der Waals surface area contributed by atoms with Gasteiger partial charge in [-0.2, -0.15) is 5.10 Å². The molecule has 0 aromatic rings. The van der Waals surface area contributed by atoms with Crippen molar-refractivity contribution in [3.8, 4) is 0 Å². The maximum absolute atomic E-state index is 12.9. The Morgan fingerprint density at radius 3 is 2.62 bits per heavy atom. The molecule has 7 nitrogen and oxygen atoms in total. The normalized spacial score (nSPS) is 29.1. The van der Waals surface area contributed by atoms with Crippen LogP contribution in [0.2, 0.25) is 0 Å². The molecule has 2 atom stereocenters. The first kappa shape index (κ1) is 17.4. The molecule has 2 fully saturated rings. The summed E-state index contributed by atoms with van der Waals surface area (Å²) in [4.78, 5) is 29.0. The number of ether oxygens (including phenoxy) is 1. The SMILES string of the molecule is CC[C@H]1CN(C(=O)C2=NN(CC)C(=O)CC2)C[C@@H]1N1CCOCC1. The van der Waals surface area contributed by atoms with Gasteiger partial charge < -0.3 is 9.64 Å². The van der Waals surface area contributed by atoms with Crippen LogP contribution in [-0.4, -0.2) is 84.3 Å². The summed E-state index contributed by atoms with van der Waals surface area (Å²) in [6.07, 6.45) is 1.91. The second-order valence-corrected chi connectivity index (χ2v) is 6.75. The lowest BCUT2D eigenvalue weighted by molar-refractivity contribution is -0.131. The molecule has 3 aliphatic heterocycles. The van der Waals surface area contributed by atoms with Gasteiger partial charge in [0.15, 0.2) is 0 Å². The highest BCUT2D eigenvalue weighted by atomic mass is 16.5. The molecule has 0 aromatic carbocycles. The van der Waals surface area contributed by atoms with E-state index in [4.69, 9.17) is 4.74 Å². The third-order valence-electron chi connectivity index (χ3n) is 5.38. The Labute approximate surface area is 143 Å². The molecule has 2 amide bonds. The van der Waals surface area contributed by atoms with E-state index in [1.165, 1.54) is 5.01 Å². The van der Waals surface area contributed by atoms with Crippen molar-refractivity contribution in [1.82, 2.24) is 14.8 Å². The first-order valence-corrected chi connectivity index (χ1v) is 9.13. The van der Waals surface area contributed by atoms with Crippen LogP contribution in [-0.2, 0) is 14.3 Å². The Balaban J connectivity index is 1.68. The fourth-order valence-electron chi connectivity index (χ4n) is 3.93. The summed E-state index contributed by atoms with van der Waals surface area (Å²) in [5.41, 5.74) is 0.536. The van der Waals surface area contributed by atoms with Gasteiger partial charge in [0, 0.05) is 51.6 Å². The molecule has 0 N–H and O–H groups in total. The van der Waals surface area contributed by atoms with Gasteiger partial charge in [-0.25, -0.2) is 5.01 Å². The molecule has 134 valence electrons. The van der Waals surface area contributed by atoms with Crippen molar-refractivity contribution in [2.24, 2.45) is 11.0 Å². The van der Waals surface area contributed by atoms with Crippen molar-refractivity contribution in [3.63, 3.8) is 0 Å². The van der Waals surface area contributed by atoms with Crippen LogP contribution >= 0.6 is 0 Å². The Bertz CT molecular complexity index is 516. The highest BCUT2D eigenvalue weighted by Gasteiger charge is 2.39. The van der Waals surface area contributed by atoms with Crippen molar-refractivity contribution in [2.45, 2.75) is 39.2 Å². The Morgan fingerprint density at radius 1 is 1.21 bits per heavy atom. The van der Waals surface area contributed by atoms with Crippen LogP contribution in [0.5, 0.6) is 0 Å². The summed E-state index contributed by atoms with van der Waals surface area (Å²) in [7, 11) is 0. The molecule has 3 heterocycles. The number of likely N-dealkylation sites (tertiary alicyclic amines) is 1. The fourth-order valence-corrected chi connectivity index (χ4v) is 3.93. The molecule has 24 heavy (non-hydrogen) atoms. The summed E-state index contributed by atoms with van der Waals surface area (Å²) in [5.74, 6) is 0.517. The summed E-state index contributed by atoms with van der Waals surface area (Å²) >= 11 is 0. The first-order valence-electron chi connectivity index (χ1n) is 9.13. The number of hydrogen-bond acceptors (Lipinski definition) is 5. The summed E-state index contributed by atoms with van der Waals surface area (Å²) in [5, 5.41) is 5.71. The number of carbonyl (C=O) groups is 2. The molecule has 0 radical (unpaired) electrons. The lowest BCUT2D eigenvalue weighted by Crippen LogP contribution is -2.47. The summed E-state index contributed by atoms with van der Waals surface area (Å²) in [6, 6.07) is 0.413. The van der Waals surface area contributed by atoms with Gasteiger partial charge in [-0.1, -0.05) is 13.3 Å². The van der Waals surface area contributed by atoms with Crippen molar-refractivity contribution in [2.75, 3.05) is 45.9 Å². The van der Waals surface area contributed by atoms with E-state index in [1.54, 1.807) is 0 Å². The number of amides is 2. The molecule has 7 heteroatoms. The molecule has 0 unspecified atom stereocenters. The number of nitrogens with zero attached hydrogens (tertiary/aromatic N) is 4. The smallest absolute Gasteiger partial charge is 0.270 e. The molecule has 0 aliphatic carbocycles. The van der Waals surface area contributed by atoms with Crippen LogP contribution in [0.4, 0.5) is 0 Å². The minimum Gasteiger partial charge on any atom is -0.379 e. The molecular formula is C17H28N4O3. The Hall–Kier alpha value is -1.47. The Kier molecular flexibility index (Phi) is 5.50. The maximum Gasteiger partial charge on any atom is 0.270 e. The van der Waals surface area contributed by atoms with Crippen LogP contribution < -0.4 is 0 Å². The molecule has 0 aromatic heterocycles. The standard InChI is InChI=1S/C17H28N4O3/c1-3-13-11-20(12-15(13)19-7-9-24-10-8-19)17(23)14-5-6-16(22)21(4-2)18-14/h13,15H,3-12H2,1-2H3/t13-,15-/m0/s1. The van der Waals surface area contributed by atoms with E-state index in [9.17, 15) is 9.59 Å². The quantitative estimate of drug-likeness (QED) is 0.752. The van der Waals surface area contributed by atoms with E-state index >= 15 is 0 Å². The van der Waals surface area contributed by atoms with Crippen LogP contribution in [0.1, 0.15) is 33.1 Å². The second kappa shape index (κ2) is 7.61. The molecule has 3 rings (SSSR count). The zero-order chi connectivity index (χ0) is 17.1. The number of hydrogen-bond donors (Lipinski definition) is 0. The van der Waals surface area contributed by atoms with E-state index in [2.05, 4.69) is 16.9 Å². The van der Waals surface area contributed by atoms with Gasteiger partial charge in [0.2, 0.25) is 5.91 Å². The number of rotatable bonds is 4. The van der Waals surface area contributed by atoms with Crippen LogP contribution in [0.15, 0.2) is 5.10 Å². The van der Waals surface area contributed by atoms with E-state index in [0.29, 0.717) is 37.1 Å². The molecule has 3 aliphatic rings. The predicted molar refractivity (Wildman–Crippen MR) is 90.6 cm³/mol. The van der Waals surface area contributed by atoms with Crippen LogP contribution in [0.3, 0.4) is 0 Å². The van der Waals surface area contributed by atoms with Gasteiger partial charge in [0.25, 0.3) is 5.91 Å². The molecule has 0 spiro atoms. The van der Waals surface area contributed by atoms with Crippen molar-refractivity contribution >= 4 is 17.5 Å². The topological polar surface area (TPSA) is 65.5 Å². The average Bonchev–Trinajstić information content (AvgIpc) is 3.06. The summed E-state index contributed by atoms with van der Waals surface area (Å²) < 4.78 is 5.45. The van der Waals surface area contributed by atoms with E-state index in [0.717, 1.165) is 45.8 Å². The van der Waals surface area contributed by atoms with Gasteiger partial charge in [0.1, 0.15) is 5.71 Å². The maximum atomic E-state index is 12.9. The van der Waals surface area contributed by atoms with E-state index < -0.39 is 0 Å². The number of hydrazone groups is 1. The van der Waals surface area contributed by atoms with Crippen LogP contribution in [0.25, 0.3) is 0 Å². The molecule has 2 saturated heterocycles. The van der Waals surface area contributed by atoms with Gasteiger partial charge in [-0.3, -0.25) is 14.5 Å². The monoisotopic (exact) mass is 336 g/mol. The zero-order valence-corrected chi connectivity index (χ0v) is 14.7. The molecular weight excluding hydrogens is 308 g/mol. The molecule has 0 saturated carbocycles. The Morgan fingerprint density at radius 2 is 1.96 bits per heavy atom. The van der Waals surface area contributed by atoms with Gasteiger partial charge in [-0.15, -0.1) is 0 Å². The zero-order valence-electron chi connectivity index (χ0n) is 14.7. The van der Waals surface area contributed by atoms with Gasteiger partial charge in [-0.05, 0) is 12.8 Å². The fraction of sp³-hybridized carbons (Fsp3) is 0.824. The molecule has 0 bridgehead atoms. The summed E-state index contributed by atoms with van der Waals surface area (Å²) in [6.45, 7) is 9.59. The highest BCUT2D eigenvalue weighted by molar-refractivity contribution is 6.39. The lowest BCUT2D eigenvalue weighted by atomic mass is 9.99. The van der Waals surface area contributed by atoms with E-state index in [1.807, 2.05) is 11.8 Å². The predicted octanol–water partition coefficient (Wildman–Crippen LogP) is 0.554. The number of morpholine rings is 1. The highest BCUT2D eigenvalue weighted by Crippen LogP contribution is 2.26. The third kappa shape index (κ3) is 3.47. The minimum atomic E-state index is 0.00750. The number of carbonyl (C=O) groups excluding carboxylic acids is 2. The third-order valence-corrected chi connectivity index (χ3v) is 5.38. The van der Waals surface area contributed by atoms with E-state index in [-0.39, 0.29) is 11.8 Å².